The van der Waals surface area contributed by atoms with Crippen LogP contribution in [-0.2, 0) is 6.54 Å². The van der Waals surface area contributed by atoms with Gasteiger partial charge in [-0.1, -0.05) is 24.3 Å². The van der Waals surface area contributed by atoms with E-state index < -0.39 is 0 Å². The minimum Gasteiger partial charge on any atom is -0.395 e. The summed E-state index contributed by atoms with van der Waals surface area (Å²) in [5, 5.41) is 13.6. The van der Waals surface area contributed by atoms with Crippen molar-refractivity contribution in [3.63, 3.8) is 0 Å². The number of pyridine rings is 1. The van der Waals surface area contributed by atoms with Crippen LogP contribution in [0.2, 0.25) is 0 Å². The lowest BCUT2D eigenvalue weighted by molar-refractivity contribution is 0.0701. The van der Waals surface area contributed by atoms with Crippen LogP contribution in [0.15, 0.2) is 67.1 Å². The fourth-order valence-electron chi connectivity index (χ4n) is 2.41. The zero-order valence-corrected chi connectivity index (χ0v) is 13.1. The van der Waals surface area contributed by atoms with Crippen molar-refractivity contribution in [1.29, 1.82) is 0 Å². The molecule has 0 aliphatic rings. The van der Waals surface area contributed by atoms with Gasteiger partial charge in [-0.3, -0.25) is 9.78 Å². The highest BCUT2D eigenvalue weighted by molar-refractivity contribution is 5.92. The van der Waals surface area contributed by atoms with E-state index in [9.17, 15) is 9.90 Å². The van der Waals surface area contributed by atoms with E-state index in [4.69, 9.17) is 0 Å². The molecular weight excluding hydrogens is 304 g/mol. The van der Waals surface area contributed by atoms with Crippen molar-refractivity contribution < 1.29 is 9.90 Å². The number of carbonyl (C=O) groups is 1. The molecule has 0 fully saturated rings. The molecule has 3 rings (SSSR count). The van der Waals surface area contributed by atoms with Crippen molar-refractivity contribution in [3.05, 3.63) is 78.4 Å². The molecule has 1 N–H and O–H groups in total. The third-order valence-corrected chi connectivity index (χ3v) is 3.58. The predicted octanol–water partition coefficient (Wildman–Crippen LogP) is 1.90. The molecular formula is C18H18N4O2. The number of carbonyl (C=O) groups excluding carboxylic acids is 1. The van der Waals surface area contributed by atoms with Gasteiger partial charge >= 0.3 is 0 Å². The van der Waals surface area contributed by atoms with Gasteiger partial charge < -0.3 is 10.0 Å². The maximum atomic E-state index is 12.7. The van der Waals surface area contributed by atoms with Crippen LogP contribution in [0.25, 0.3) is 5.69 Å². The second-order valence-corrected chi connectivity index (χ2v) is 5.29. The molecule has 0 unspecified atom stereocenters. The Labute approximate surface area is 140 Å². The largest absolute Gasteiger partial charge is 0.395 e. The highest BCUT2D eigenvalue weighted by Gasteiger charge is 2.18. The molecule has 0 radical (unpaired) electrons. The van der Waals surface area contributed by atoms with Gasteiger partial charge in [-0.05, 0) is 29.8 Å². The summed E-state index contributed by atoms with van der Waals surface area (Å²) in [6.07, 6.45) is 5.15. The average molecular weight is 322 g/mol. The third-order valence-electron chi connectivity index (χ3n) is 3.58. The third kappa shape index (κ3) is 3.67. The SMILES string of the molecule is O=C(c1ccn(-c2ccccc2)n1)N(CCO)Cc1cccnc1. The van der Waals surface area contributed by atoms with Crippen LogP contribution in [0.3, 0.4) is 0 Å². The first-order chi connectivity index (χ1) is 11.8. The van der Waals surface area contributed by atoms with Gasteiger partial charge in [0.05, 0.1) is 12.3 Å². The Hall–Kier alpha value is -2.99. The van der Waals surface area contributed by atoms with Crippen LogP contribution < -0.4 is 0 Å². The quantitative estimate of drug-likeness (QED) is 0.752. The molecule has 0 aliphatic heterocycles. The highest BCUT2D eigenvalue weighted by atomic mass is 16.3. The molecule has 6 heteroatoms. The normalized spacial score (nSPS) is 10.5. The molecule has 0 saturated carbocycles. The molecule has 3 aromatic rings. The maximum Gasteiger partial charge on any atom is 0.274 e. The summed E-state index contributed by atoms with van der Waals surface area (Å²) in [5.74, 6) is -0.220. The summed E-state index contributed by atoms with van der Waals surface area (Å²) in [6.45, 7) is 0.517. The smallest absolute Gasteiger partial charge is 0.274 e. The summed E-state index contributed by atoms with van der Waals surface area (Å²) in [5.41, 5.74) is 2.13. The van der Waals surface area contributed by atoms with Gasteiger partial charge in [0.25, 0.3) is 5.91 Å². The van der Waals surface area contributed by atoms with Gasteiger partial charge in [0, 0.05) is 31.7 Å². The summed E-state index contributed by atoms with van der Waals surface area (Å²) < 4.78 is 1.66. The summed E-state index contributed by atoms with van der Waals surface area (Å²) in [6, 6.07) is 15.0. The van der Waals surface area contributed by atoms with E-state index in [2.05, 4.69) is 10.1 Å². The van der Waals surface area contributed by atoms with Crippen molar-refractivity contribution >= 4 is 5.91 Å². The van der Waals surface area contributed by atoms with E-state index in [1.165, 1.54) is 0 Å². The standard InChI is InChI=1S/C18H18N4O2/c23-12-11-21(14-15-5-4-9-19-13-15)18(24)17-8-10-22(20-17)16-6-2-1-3-7-16/h1-10,13,23H,11-12,14H2. The van der Waals surface area contributed by atoms with Gasteiger partial charge in [0.2, 0.25) is 0 Å². The lowest BCUT2D eigenvalue weighted by Gasteiger charge is -2.20. The molecule has 0 spiro atoms. The number of nitrogens with zero attached hydrogens (tertiary/aromatic N) is 4. The van der Waals surface area contributed by atoms with Crippen LogP contribution in [-0.4, -0.2) is 43.8 Å². The molecule has 0 bridgehead atoms. The lowest BCUT2D eigenvalue weighted by Crippen LogP contribution is -2.33. The molecule has 2 heterocycles. The Morgan fingerprint density at radius 3 is 2.67 bits per heavy atom. The van der Waals surface area contributed by atoms with Gasteiger partial charge in [-0.25, -0.2) is 4.68 Å². The number of aliphatic hydroxyl groups excluding tert-OH is 1. The van der Waals surface area contributed by atoms with Crippen molar-refractivity contribution in [2.75, 3.05) is 13.2 Å². The van der Waals surface area contributed by atoms with Crippen molar-refractivity contribution in [2.45, 2.75) is 6.54 Å². The van der Waals surface area contributed by atoms with Crippen LogP contribution in [0.1, 0.15) is 16.1 Å². The summed E-state index contributed by atoms with van der Waals surface area (Å²) in [7, 11) is 0. The number of para-hydroxylation sites is 1. The number of aliphatic hydroxyl groups is 1. The fraction of sp³-hybridized carbons (Fsp3) is 0.167. The van der Waals surface area contributed by atoms with Gasteiger partial charge in [0.15, 0.2) is 5.69 Å². The van der Waals surface area contributed by atoms with E-state index in [1.54, 1.807) is 34.2 Å². The van der Waals surface area contributed by atoms with E-state index in [-0.39, 0.29) is 19.1 Å². The van der Waals surface area contributed by atoms with Gasteiger partial charge in [-0.15, -0.1) is 0 Å². The molecule has 122 valence electrons. The zero-order chi connectivity index (χ0) is 16.8. The lowest BCUT2D eigenvalue weighted by atomic mass is 10.2. The van der Waals surface area contributed by atoms with E-state index in [0.29, 0.717) is 12.2 Å². The Balaban J connectivity index is 1.79. The molecule has 2 aromatic heterocycles. The van der Waals surface area contributed by atoms with Crippen molar-refractivity contribution in [2.24, 2.45) is 0 Å². The Bertz CT molecular complexity index is 787. The van der Waals surface area contributed by atoms with E-state index >= 15 is 0 Å². The van der Waals surface area contributed by atoms with Gasteiger partial charge in [0.1, 0.15) is 0 Å². The van der Waals surface area contributed by atoms with Crippen LogP contribution in [0.4, 0.5) is 0 Å². The van der Waals surface area contributed by atoms with Gasteiger partial charge in [-0.2, -0.15) is 5.10 Å². The van der Waals surface area contributed by atoms with Crippen LogP contribution in [0.5, 0.6) is 0 Å². The zero-order valence-electron chi connectivity index (χ0n) is 13.1. The average Bonchev–Trinajstić information content (AvgIpc) is 3.12. The monoisotopic (exact) mass is 322 g/mol. The molecule has 0 atom stereocenters. The van der Waals surface area contributed by atoms with Crippen LogP contribution >= 0.6 is 0 Å². The van der Waals surface area contributed by atoms with Crippen LogP contribution in [0, 0.1) is 0 Å². The Kier molecular flexibility index (Phi) is 4.98. The van der Waals surface area contributed by atoms with Crippen molar-refractivity contribution in [1.82, 2.24) is 19.7 Å². The predicted molar refractivity (Wildman–Crippen MR) is 89.6 cm³/mol. The number of benzene rings is 1. The second kappa shape index (κ2) is 7.52. The molecule has 24 heavy (non-hydrogen) atoms. The fourth-order valence-corrected chi connectivity index (χ4v) is 2.41. The Morgan fingerprint density at radius 2 is 1.96 bits per heavy atom. The Morgan fingerprint density at radius 1 is 1.12 bits per heavy atom. The number of hydrogen-bond donors (Lipinski definition) is 1. The number of amides is 1. The molecule has 1 aromatic carbocycles. The molecule has 1 amide bonds. The first-order valence-corrected chi connectivity index (χ1v) is 7.68. The summed E-state index contributed by atoms with van der Waals surface area (Å²) in [4.78, 5) is 18.3. The summed E-state index contributed by atoms with van der Waals surface area (Å²) >= 11 is 0. The highest BCUT2D eigenvalue weighted by Crippen LogP contribution is 2.11. The number of rotatable bonds is 6. The maximum absolute atomic E-state index is 12.7. The molecule has 0 saturated heterocycles. The topological polar surface area (TPSA) is 71.2 Å². The first kappa shape index (κ1) is 15.9. The minimum absolute atomic E-state index is 0.106. The molecule has 6 nitrogen and oxygen atoms in total. The van der Waals surface area contributed by atoms with Crippen molar-refractivity contribution in [3.8, 4) is 5.69 Å². The number of aromatic nitrogens is 3. The van der Waals surface area contributed by atoms with E-state index in [0.717, 1.165) is 11.3 Å². The van der Waals surface area contributed by atoms with E-state index in [1.807, 2.05) is 42.5 Å². The minimum atomic E-state index is -0.220. The number of hydrogen-bond acceptors (Lipinski definition) is 4. The molecule has 0 aliphatic carbocycles. The first-order valence-electron chi connectivity index (χ1n) is 7.68. The second-order valence-electron chi connectivity index (χ2n) is 5.29.